The zero-order chi connectivity index (χ0) is 10.4. The Balaban J connectivity index is 3.76. The number of nitrogens with one attached hydrogen (secondary N) is 1. The number of aliphatic carboxylic acids is 1. The van der Waals surface area contributed by atoms with E-state index < -0.39 is 12.0 Å². The molecule has 8 N–H and O–H groups in total. The van der Waals surface area contributed by atoms with Crippen molar-refractivity contribution in [2.75, 3.05) is 0 Å². The molecule has 0 rings (SSSR count). The first-order chi connectivity index (χ1) is 5.93. The van der Waals surface area contributed by atoms with E-state index in [1.165, 1.54) is 0 Å². The highest BCUT2D eigenvalue weighted by Crippen LogP contribution is 1.96. The topological polar surface area (TPSA) is 129 Å². The lowest BCUT2D eigenvalue weighted by Gasteiger charge is -2.08. The molecule has 0 aromatic heterocycles. The highest BCUT2D eigenvalue weighted by Gasteiger charge is 2.12. The summed E-state index contributed by atoms with van der Waals surface area (Å²) in [6.45, 7) is 1.86. The molecule has 0 saturated carbocycles. The largest absolute Gasteiger partial charge is 0.480 e. The summed E-state index contributed by atoms with van der Waals surface area (Å²) >= 11 is 0. The van der Waals surface area contributed by atoms with Crippen LogP contribution in [0.2, 0.25) is 0 Å². The molecule has 0 radical (unpaired) electrons. The lowest BCUT2D eigenvalue weighted by Crippen LogP contribution is -2.82. The van der Waals surface area contributed by atoms with Gasteiger partial charge in [0, 0.05) is 0 Å². The molecule has 0 amide bonds. The number of nitrogens with two attached hydrogens (primary N) is 3. The van der Waals surface area contributed by atoms with E-state index in [1.807, 2.05) is 6.92 Å². The van der Waals surface area contributed by atoms with Gasteiger partial charge in [-0.05, 0) is 19.8 Å². The second-order valence-corrected chi connectivity index (χ2v) is 3.02. The van der Waals surface area contributed by atoms with Gasteiger partial charge in [-0.25, -0.2) is 0 Å². The Labute approximate surface area is 76.8 Å². The summed E-state index contributed by atoms with van der Waals surface area (Å²) in [5.41, 5.74) is 15.7. The lowest BCUT2D eigenvalue weighted by molar-refractivity contribution is -0.501. The molecule has 0 aliphatic rings. The molecule has 0 aliphatic carbocycles. The Morgan fingerprint density at radius 2 is 2.00 bits per heavy atom. The summed E-state index contributed by atoms with van der Waals surface area (Å²) in [6, 6.07) is -0.779. The Morgan fingerprint density at radius 1 is 1.46 bits per heavy atom. The molecule has 6 heteroatoms. The maximum atomic E-state index is 10.3. The quantitative estimate of drug-likeness (QED) is 0.231. The highest BCUT2D eigenvalue weighted by atomic mass is 16.4. The maximum Gasteiger partial charge on any atom is 0.338 e. The first-order valence-electron chi connectivity index (χ1n) is 4.06. The fraction of sp³-hybridized carbons (Fsp3) is 0.714. The van der Waals surface area contributed by atoms with Crippen molar-refractivity contribution in [2.24, 2.45) is 17.2 Å². The van der Waals surface area contributed by atoms with E-state index in [0.29, 0.717) is 12.8 Å². The zero-order valence-electron chi connectivity index (χ0n) is 7.66. The molecule has 6 nitrogen and oxygen atoms in total. The van der Waals surface area contributed by atoms with Gasteiger partial charge in [-0.2, -0.15) is 0 Å². The number of carboxylic acid groups (broad SMARTS) is 1. The van der Waals surface area contributed by atoms with E-state index in [4.69, 9.17) is 22.3 Å². The standard InChI is InChI=1S/C7H16N4O2/c1-4(11-7(9)10)2-3-5(8)6(12)13/h4-5H,2-3,8H2,1H3,(H,12,13)(H4,9,10,11)/p+1/t4-,5-/m0/s1. The molecule has 13 heavy (non-hydrogen) atoms. The van der Waals surface area contributed by atoms with Gasteiger partial charge >= 0.3 is 11.9 Å². The van der Waals surface area contributed by atoms with Crippen LogP contribution in [-0.4, -0.2) is 29.1 Å². The molecule has 0 spiro atoms. The van der Waals surface area contributed by atoms with E-state index in [9.17, 15) is 4.79 Å². The number of hydrogen-bond acceptors (Lipinski definition) is 2. The van der Waals surface area contributed by atoms with Crippen molar-refractivity contribution in [2.45, 2.75) is 31.8 Å². The van der Waals surface area contributed by atoms with E-state index in [0.717, 1.165) is 0 Å². The number of hydrogen-bond donors (Lipinski definition) is 5. The minimum Gasteiger partial charge on any atom is -0.480 e. The van der Waals surface area contributed by atoms with Crippen molar-refractivity contribution >= 4 is 11.9 Å². The average Bonchev–Trinajstić information content (AvgIpc) is 1.98. The fourth-order valence-corrected chi connectivity index (χ4v) is 0.910. The molecule has 0 bridgehead atoms. The van der Waals surface area contributed by atoms with Gasteiger partial charge < -0.3 is 10.8 Å². The third-order valence-electron chi connectivity index (χ3n) is 1.64. The second kappa shape index (κ2) is 5.36. The van der Waals surface area contributed by atoms with Crippen molar-refractivity contribution in [3.63, 3.8) is 0 Å². The maximum absolute atomic E-state index is 10.3. The van der Waals surface area contributed by atoms with Crippen LogP contribution in [0.3, 0.4) is 0 Å². The summed E-state index contributed by atoms with van der Waals surface area (Å²) in [4.78, 5) is 13.1. The summed E-state index contributed by atoms with van der Waals surface area (Å²) in [7, 11) is 0. The van der Waals surface area contributed by atoms with Gasteiger partial charge in [0.15, 0.2) is 0 Å². The van der Waals surface area contributed by atoms with Gasteiger partial charge in [0.05, 0.1) is 6.04 Å². The first kappa shape index (κ1) is 11.7. The molecule has 2 atom stereocenters. The van der Waals surface area contributed by atoms with E-state index >= 15 is 0 Å². The van der Waals surface area contributed by atoms with E-state index in [2.05, 4.69) is 4.99 Å². The van der Waals surface area contributed by atoms with Gasteiger partial charge in [0.2, 0.25) is 0 Å². The van der Waals surface area contributed by atoms with Crippen molar-refractivity contribution in [3.05, 3.63) is 0 Å². The Hall–Kier alpha value is -1.30. The molecule has 76 valence electrons. The Morgan fingerprint density at radius 3 is 2.38 bits per heavy atom. The predicted octanol–water partition coefficient (Wildman–Crippen LogP) is -3.08. The van der Waals surface area contributed by atoms with Crippen LogP contribution in [0.1, 0.15) is 19.8 Å². The van der Waals surface area contributed by atoms with Crippen molar-refractivity contribution in [1.82, 2.24) is 0 Å². The van der Waals surface area contributed by atoms with Crippen LogP contribution in [0.25, 0.3) is 0 Å². The Bertz CT molecular complexity index is 201. The molecule has 0 aromatic carbocycles. The van der Waals surface area contributed by atoms with Crippen LogP contribution in [0.4, 0.5) is 0 Å². The summed E-state index contributed by atoms with van der Waals surface area (Å²) < 4.78 is 0. The van der Waals surface area contributed by atoms with Crippen molar-refractivity contribution in [3.8, 4) is 0 Å². The zero-order valence-corrected chi connectivity index (χ0v) is 7.66. The molecule has 0 aromatic rings. The van der Waals surface area contributed by atoms with Crippen LogP contribution in [0.15, 0.2) is 0 Å². The van der Waals surface area contributed by atoms with Crippen LogP contribution in [0, 0.1) is 0 Å². The minimum atomic E-state index is -0.989. The third-order valence-corrected chi connectivity index (χ3v) is 1.64. The molecule has 0 fully saturated rings. The van der Waals surface area contributed by atoms with Crippen LogP contribution in [0.5, 0.6) is 0 Å². The number of rotatable bonds is 5. The van der Waals surface area contributed by atoms with Crippen molar-refractivity contribution in [1.29, 1.82) is 0 Å². The van der Waals surface area contributed by atoms with Crippen LogP contribution >= 0.6 is 0 Å². The van der Waals surface area contributed by atoms with Gasteiger partial charge in [-0.3, -0.25) is 21.3 Å². The lowest BCUT2D eigenvalue weighted by atomic mass is 10.1. The average molecular weight is 189 g/mol. The number of carboxylic acids is 1. The molecular formula is C7H17N4O2+. The molecule has 0 heterocycles. The van der Waals surface area contributed by atoms with Crippen LogP contribution in [-0.2, 0) is 4.79 Å². The Kier molecular flexibility index (Phi) is 4.83. The van der Waals surface area contributed by atoms with Gasteiger partial charge in [0.1, 0.15) is 6.04 Å². The summed E-state index contributed by atoms with van der Waals surface area (Å²) in [5, 5.41) is 8.48. The fourth-order valence-electron chi connectivity index (χ4n) is 0.910. The summed E-state index contributed by atoms with van der Waals surface area (Å²) in [6.07, 6.45) is 1.02. The smallest absolute Gasteiger partial charge is 0.338 e. The van der Waals surface area contributed by atoms with Crippen LogP contribution < -0.4 is 22.2 Å². The van der Waals surface area contributed by atoms with Crippen molar-refractivity contribution < 1.29 is 14.9 Å². The van der Waals surface area contributed by atoms with Gasteiger partial charge in [-0.15, -0.1) is 0 Å². The number of guanidine groups is 1. The van der Waals surface area contributed by atoms with Gasteiger partial charge in [0.25, 0.3) is 0 Å². The monoisotopic (exact) mass is 189 g/mol. The first-order valence-corrected chi connectivity index (χ1v) is 4.06. The molecule has 0 unspecified atom stereocenters. The molecular weight excluding hydrogens is 172 g/mol. The SMILES string of the molecule is C[C@@H](CC[C@H](N)C(=O)O)[NH+]=C(N)N. The molecule has 0 aliphatic heterocycles. The third kappa shape index (κ3) is 5.92. The van der Waals surface area contributed by atoms with Gasteiger partial charge in [-0.1, -0.05) is 0 Å². The minimum absolute atomic E-state index is 0.0374. The summed E-state index contributed by atoms with van der Waals surface area (Å²) in [5.74, 6) is -0.853. The molecule has 0 saturated heterocycles. The predicted molar refractivity (Wildman–Crippen MR) is 48.7 cm³/mol. The highest BCUT2D eigenvalue weighted by molar-refractivity contribution is 5.73. The number of carbonyl (C=O) groups is 1. The normalized spacial score (nSPS) is 14.6. The second-order valence-electron chi connectivity index (χ2n) is 3.02. The van der Waals surface area contributed by atoms with E-state index in [-0.39, 0.29) is 12.0 Å². The van der Waals surface area contributed by atoms with E-state index in [1.54, 1.807) is 0 Å².